The van der Waals surface area contributed by atoms with Gasteiger partial charge in [-0.1, -0.05) is 30.3 Å². The van der Waals surface area contributed by atoms with Crippen LogP contribution in [-0.2, 0) is 14.8 Å². The fourth-order valence-corrected chi connectivity index (χ4v) is 4.26. The molecule has 1 aliphatic heterocycles. The van der Waals surface area contributed by atoms with Crippen LogP contribution in [0.15, 0.2) is 39.8 Å². The molecule has 23 heavy (non-hydrogen) atoms. The average molecular weight is 336 g/mol. The van der Waals surface area contributed by atoms with Gasteiger partial charge in [0.1, 0.15) is 0 Å². The monoisotopic (exact) mass is 336 g/mol. The Morgan fingerprint density at radius 3 is 2.48 bits per heavy atom. The van der Waals surface area contributed by atoms with E-state index in [1.54, 1.807) is 19.1 Å². The highest BCUT2D eigenvalue weighted by Crippen LogP contribution is 2.30. The first-order valence-corrected chi connectivity index (χ1v) is 9.03. The molecular weight excluding hydrogens is 316 g/mol. The lowest BCUT2D eigenvalue weighted by atomic mass is 9.94. The van der Waals surface area contributed by atoms with E-state index in [4.69, 9.17) is 9.15 Å². The quantitative estimate of drug-likeness (QED) is 0.928. The zero-order valence-corrected chi connectivity index (χ0v) is 14.0. The third-order valence-corrected chi connectivity index (χ3v) is 5.52. The first kappa shape index (κ1) is 16.2. The summed E-state index contributed by atoms with van der Waals surface area (Å²) in [4.78, 5) is 4.11. The highest BCUT2D eigenvalue weighted by Gasteiger charge is 2.35. The Bertz CT molecular complexity index is 778. The van der Waals surface area contributed by atoms with Crippen molar-refractivity contribution in [1.82, 2.24) is 9.71 Å². The van der Waals surface area contributed by atoms with Gasteiger partial charge in [-0.15, -0.1) is 0 Å². The van der Waals surface area contributed by atoms with Gasteiger partial charge in [-0.2, -0.15) is 0 Å². The Morgan fingerprint density at radius 2 is 1.83 bits per heavy atom. The molecule has 0 bridgehead atoms. The molecule has 2 heterocycles. The number of benzene rings is 1. The summed E-state index contributed by atoms with van der Waals surface area (Å²) in [5, 5.41) is -0.0612. The smallest absolute Gasteiger partial charge is 0.262 e. The summed E-state index contributed by atoms with van der Waals surface area (Å²) in [6.45, 7) is 4.62. The average Bonchev–Trinajstić information content (AvgIpc) is 2.91. The second-order valence-electron chi connectivity index (χ2n) is 6.01. The number of nitrogens with one attached hydrogen (secondary N) is 1. The molecule has 0 radical (unpaired) electrons. The first-order chi connectivity index (χ1) is 10.9. The zero-order valence-electron chi connectivity index (χ0n) is 13.2. The molecule has 7 heteroatoms. The van der Waals surface area contributed by atoms with Crippen LogP contribution in [0.3, 0.4) is 0 Å². The largest absolute Gasteiger partial charge is 0.440 e. The van der Waals surface area contributed by atoms with E-state index in [0.717, 1.165) is 0 Å². The SMILES string of the molecule is Cc1nc(S(=O)(=O)NC2(C)CCOCC2)c(-c2ccccc2)o1. The van der Waals surface area contributed by atoms with Crippen molar-refractivity contribution in [2.75, 3.05) is 13.2 Å². The van der Waals surface area contributed by atoms with Crippen LogP contribution < -0.4 is 4.72 Å². The lowest BCUT2D eigenvalue weighted by molar-refractivity contribution is 0.0537. The number of nitrogens with zero attached hydrogens (tertiary/aromatic N) is 1. The summed E-state index contributed by atoms with van der Waals surface area (Å²) in [6, 6.07) is 9.13. The predicted octanol–water partition coefficient (Wildman–Crippen LogP) is 2.50. The van der Waals surface area contributed by atoms with Crippen molar-refractivity contribution in [3.63, 3.8) is 0 Å². The molecule has 0 aliphatic carbocycles. The van der Waals surface area contributed by atoms with Gasteiger partial charge < -0.3 is 9.15 Å². The fourth-order valence-electron chi connectivity index (χ4n) is 2.66. The van der Waals surface area contributed by atoms with Crippen molar-refractivity contribution >= 4 is 10.0 Å². The Hall–Kier alpha value is -1.70. The van der Waals surface area contributed by atoms with E-state index < -0.39 is 15.6 Å². The van der Waals surface area contributed by atoms with E-state index in [0.29, 0.717) is 37.5 Å². The predicted molar refractivity (Wildman–Crippen MR) is 85.5 cm³/mol. The summed E-state index contributed by atoms with van der Waals surface area (Å²) in [5.74, 6) is 0.590. The molecule has 1 fully saturated rings. The van der Waals surface area contributed by atoms with Gasteiger partial charge >= 0.3 is 0 Å². The minimum atomic E-state index is -3.79. The number of hydrogen-bond acceptors (Lipinski definition) is 5. The molecule has 1 N–H and O–H groups in total. The van der Waals surface area contributed by atoms with E-state index in [9.17, 15) is 8.42 Å². The molecule has 0 spiro atoms. The Kier molecular flexibility index (Phi) is 4.27. The fraction of sp³-hybridized carbons (Fsp3) is 0.438. The lowest BCUT2D eigenvalue weighted by Gasteiger charge is -2.33. The maximum atomic E-state index is 12.8. The van der Waals surface area contributed by atoms with Crippen molar-refractivity contribution in [3.05, 3.63) is 36.2 Å². The van der Waals surface area contributed by atoms with E-state index in [1.165, 1.54) is 0 Å². The topological polar surface area (TPSA) is 81.4 Å². The number of rotatable bonds is 4. The van der Waals surface area contributed by atoms with Gasteiger partial charge in [0, 0.05) is 31.2 Å². The number of aryl methyl sites for hydroxylation is 1. The van der Waals surface area contributed by atoms with Crippen molar-refractivity contribution in [2.24, 2.45) is 0 Å². The number of oxazole rings is 1. The van der Waals surface area contributed by atoms with Crippen molar-refractivity contribution in [3.8, 4) is 11.3 Å². The lowest BCUT2D eigenvalue weighted by Crippen LogP contribution is -2.49. The van der Waals surface area contributed by atoms with Crippen LogP contribution in [-0.4, -0.2) is 32.2 Å². The summed E-state index contributed by atoms with van der Waals surface area (Å²) in [6.07, 6.45) is 1.26. The van der Waals surface area contributed by atoms with Crippen molar-refractivity contribution in [1.29, 1.82) is 0 Å². The molecule has 124 valence electrons. The van der Waals surface area contributed by atoms with Crippen LogP contribution >= 0.6 is 0 Å². The van der Waals surface area contributed by atoms with E-state index >= 15 is 0 Å². The third-order valence-electron chi connectivity index (χ3n) is 3.97. The highest BCUT2D eigenvalue weighted by molar-refractivity contribution is 7.89. The van der Waals surface area contributed by atoms with Gasteiger partial charge in [-0.3, -0.25) is 0 Å². The van der Waals surface area contributed by atoms with Gasteiger partial charge in [0.2, 0.25) is 5.03 Å². The van der Waals surface area contributed by atoms with E-state index in [-0.39, 0.29) is 10.8 Å². The molecule has 6 nitrogen and oxygen atoms in total. The molecule has 0 amide bonds. The maximum Gasteiger partial charge on any atom is 0.262 e. The molecule has 3 rings (SSSR count). The zero-order chi connectivity index (χ0) is 16.5. The molecule has 1 aliphatic rings. The normalized spacial score (nSPS) is 18.0. The first-order valence-electron chi connectivity index (χ1n) is 7.54. The molecule has 2 aromatic rings. The van der Waals surface area contributed by atoms with Crippen LogP contribution in [0.2, 0.25) is 0 Å². The minimum Gasteiger partial charge on any atom is -0.440 e. The number of aromatic nitrogens is 1. The highest BCUT2D eigenvalue weighted by atomic mass is 32.2. The van der Waals surface area contributed by atoms with Crippen LogP contribution in [0.1, 0.15) is 25.7 Å². The van der Waals surface area contributed by atoms with Crippen molar-refractivity contribution in [2.45, 2.75) is 37.3 Å². The summed E-state index contributed by atoms with van der Waals surface area (Å²) in [7, 11) is -3.79. The summed E-state index contributed by atoms with van der Waals surface area (Å²) >= 11 is 0. The Labute approximate surface area is 135 Å². The number of sulfonamides is 1. The van der Waals surface area contributed by atoms with Crippen LogP contribution in [0.4, 0.5) is 0 Å². The van der Waals surface area contributed by atoms with E-state index in [2.05, 4.69) is 9.71 Å². The second-order valence-corrected chi connectivity index (χ2v) is 7.61. The summed E-state index contributed by atoms with van der Waals surface area (Å²) in [5.41, 5.74) is 0.156. The molecule has 1 aromatic carbocycles. The second kappa shape index (κ2) is 6.07. The van der Waals surface area contributed by atoms with Gasteiger partial charge in [-0.05, 0) is 19.8 Å². The van der Waals surface area contributed by atoms with Gasteiger partial charge in [0.25, 0.3) is 10.0 Å². The Morgan fingerprint density at radius 1 is 1.17 bits per heavy atom. The number of hydrogen-bond donors (Lipinski definition) is 1. The molecular formula is C16H20N2O4S. The maximum absolute atomic E-state index is 12.8. The molecule has 1 aromatic heterocycles. The molecule has 0 atom stereocenters. The Balaban J connectivity index is 1.97. The summed E-state index contributed by atoms with van der Waals surface area (Å²) < 4.78 is 39.3. The third kappa shape index (κ3) is 3.46. The van der Waals surface area contributed by atoms with Gasteiger partial charge in [-0.25, -0.2) is 18.1 Å². The van der Waals surface area contributed by atoms with Gasteiger partial charge in [0.15, 0.2) is 11.7 Å². The molecule has 0 unspecified atom stereocenters. The standard InChI is InChI=1S/C16H20N2O4S/c1-12-17-15(14(22-12)13-6-4-3-5-7-13)23(19,20)18-16(2)8-10-21-11-9-16/h3-7,18H,8-11H2,1-2H3. The number of ether oxygens (including phenoxy) is 1. The minimum absolute atomic E-state index is 0.0612. The van der Waals surface area contributed by atoms with Crippen molar-refractivity contribution < 1.29 is 17.6 Å². The van der Waals surface area contributed by atoms with Crippen LogP contribution in [0.5, 0.6) is 0 Å². The van der Waals surface area contributed by atoms with Crippen LogP contribution in [0, 0.1) is 6.92 Å². The van der Waals surface area contributed by atoms with Crippen LogP contribution in [0.25, 0.3) is 11.3 Å². The molecule has 0 saturated carbocycles. The van der Waals surface area contributed by atoms with Gasteiger partial charge in [0.05, 0.1) is 0 Å². The van der Waals surface area contributed by atoms with E-state index in [1.807, 2.05) is 25.1 Å². The molecule has 1 saturated heterocycles.